The Balaban J connectivity index is 2.22. The van der Waals surface area contributed by atoms with Gasteiger partial charge in [0.2, 0.25) is 5.13 Å². The van der Waals surface area contributed by atoms with Crippen molar-refractivity contribution in [1.29, 1.82) is 0 Å². The van der Waals surface area contributed by atoms with E-state index in [9.17, 15) is 4.39 Å². The molecular weight excluding hydrogens is 229 g/mol. The Morgan fingerprint density at radius 3 is 2.88 bits per heavy atom. The Bertz CT molecular complexity index is 661. The van der Waals surface area contributed by atoms with Crippen molar-refractivity contribution in [3.05, 3.63) is 30.1 Å². The molecule has 0 spiro atoms. The summed E-state index contributed by atoms with van der Waals surface area (Å²) in [5.41, 5.74) is 5.70. The second-order valence-electron chi connectivity index (χ2n) is 3.21. The summed E-state index contributed by atoms with van der Waals surface area (Å²) in [5, 5.41) is 9.12. The summed E-state index contributed by atoms with van der Waals surface area (Å²) in [6, 6.07) is 6.48. The molecule has 0 bridgehead atoms. The van der Waals surface area contributed by atoms with Gasteiger partial charge in [0.1, 0.15) is 0 Å². The van der Waals surface area contributed by atoms with E-state index in [1.807, 2.05) is 0 Å². The molecule has 4 nitrogen and oxygen atoms in total. The van der Waals surface area contributed by atoms with Crippen LogP contribution in [0.2, 0.25) is 0 Å². The predicted octanol–water partition coefficient (Wildman–Crippen LogP) is 2.67. The molecule has 0 saturated carbocycles. The van der Waals surface area contributed by atoms with E-state index in [1.165, 1.54) is 17.4 Å². The normalized spacial score (nSPS) is 11.1. The van der Waals surface area contributed by atoms with Crippen molar-refractivity contribution >= 4 is 27.4 Å². The van der Waals surface area contributed by atoms with Gasteiger partial charge < -0.3 is 10.2 Å². The van der Waals surface area contributed by atoms with Crippen LogP contribution in [0.4, 0.5) is 9.52 Å². The van der Waals surface area contributed by atoms with Crippen molar-refractivity contribution in [3.63, 3.8) is 0 Å². The van der Waals surface area contributed by atoms with Crippen molar-refractivity contribution in [2.45, 2.75) is 0 Å². The summed E-state index contributed by atoms with van der Waals surface area (Å²) in [5.74, 6) is 0.0931. The number of aromatic nitrogens is 2. The SMILES string of the molecule is Nc1nnc(-c2cc3cccc(F)c3o2)s1. The maximum atomic E-state index is 13.4. The maximum Gasteiger partial charge on any atom is 0.203 e. The van der Waals surface area contributed by atoms with Crippen LogP contribution in [0.3, 0.4) is 0 Å². The lowest BCUT2D eigenvalue weighted by atomic mass is 10.2. The number of fused-ring (bicyclic) bond motifs is 1. The summed E-state index contributed by atoms with van der Waals surface area (Å²) in [6.07, 6.45) is 0. The molecule has 1 aromatic carbocycles. The molecule has 3 aromatic rings. The number of para-hydroxylation sites is 1. The first-order valence-corrected chi connectivity index (χ1v) is 5.33. The molecule has 0 fully saturated rings. The van der Waals surface area contributed by atoms with Crippen molar-refractivity contribution in [2.75, 3.05) is 5.73 Å². The summed E-state index contributed by atoms with van der Waals surface area (Å²) in [4.78, 5) is 0. The number of hydrogen-bond acceptors (Lipinski definition) is 5. The third kappa shape index (κ3) is 1.35. The van der Waals surface area contributed by atoms with E-state index in [2.05, 4.69) is 10.2 Å². The Morgan fingerprint density at radius 1 is 1.31 bits per heavy atom. The molecule has 16 heavy (non-hydrogen) atoms. The molecule has 0 unspecified atom stereocenters. The molecule has 0 aliphatic carbocycles. The Morgan fingerprint density at radius 2 is 2.19 bits per heavy atom. The number of halogens is 1. The van der Waals surface area contributed by atoms with E-state index < -0.39 is 0 Å². The van der Waals surface area contributed by atoms with Crippen LogP contribution in [0.15, 0.2) is 28.7 Å². The van der Waals surface area contributed by atoms with Gasteiger partial charge in [-0.15, -0.1) is 10.2 Å². The van der Waals surface area contributed by atoms with E-state index in [0.717, 1.165) is 0 Å². The maximum absolute atomic E-state index is 13.4. The molecule has 0 aliphatic rings. The van der Waals surface area contributed by atoms with E-state index in [4.69, 9.17) is 10.2 Å². The Labute approximate surface area is 93.5 Å². The largest absolute Gasteiger partial charge is 0.450 e. The third-order valence-electron chi connectivity index (χ3n) is 2.15. The van der Waals surface area contributed by atoms with E-state index in [0.29, 0.717) is 21.3 Å². The highest BCUT2D eigenvalue weighted by Gasteiger charge is 2.12. The van der Waals surface area contributed by atoms with Crippen LogP contribution in [-0.2, 0) is 0 Å². The summed E-state index contributed by atoms with van der Waals surface area (Å²) in [6.45, 7) is 0. The minimum atomic E-state index is -0.388. The molecule has 0 atom stereocenters. The summed E-state index contributed by atoms with van der Waals surface area (Å²) >= 11 is 1.20. The molecule has 2 aromatic heterocycles. The first-order chi connectivity index (χ1) is 7.74. The number of hydrogen-bond donors (Lipinski definition) is 1. The Kier molecular flexibility index (Phi) is 1.90. The minimum Gasteiger partial charge on any atom is -0.450 e. The number of nitrogens with two attached hydrogens (primary N) is 1. The lowest BCUT2D eigenvalue weighted by molar-refractivity contribution is 0.568. The number of rotatable bonds is 1. The van der Waals surface area contributed by atoms with Gasteiger partial charge in [-0.25, -0.2) is 4.39 Å². The number of benzene rings is 1. The molecule has 6 heteroatoms. The highest BCUT2D eigenvalue weighted by atomic mass is 32.1. The summed E-state index contributed by atoms with van der Waals surface area (Å²) in [7, 11) is 0. The van der Waals surface area contributed by atoms with Crippen LogP contribution in [0.25, 0.3) is 21.7 Å². The molecular formula is C10H6FN3OS. The van der Waals surface area contributed by atoms with Crippen molar-refractivity contribution in [2.24, 2.45) is 0 Å². The number of nitrogen functional groups attached to an aromatic ring is 1. The average molecular weight is 235 g/mol. The highest BCUT2D eigenvalue weighted by molar-refractivity contribution is 7.18. The fourth-order valence-corrected chi connectivity index (χ4v) is 2.03. The van der Waals surface area contributed by atoms with Gasteiger partial charge in [-0.2, -0.15) is 0 Å². The van der Waals surface area contributed by atoms with Gasteiger partial charge in [0.25, 0.3) is 0 Å². The van der Waals surface area contributed by atoms with Gasteiger partial charge in [-0.05, 0) is 12.1 Å². The van der Waals surface area contributed by atoms with Crippen LogP contribution >= 0.6 is 11.3 Å². The molecule has 3 rings (SSSR count). The second kappa shape index (κ2) is 3.28. The predicted molar refractivity (Wildman–Crippen MR) is 59.5 cm³/mol. The third-order valence-corrected chi connectivity index (χ3v) is 2.91. The second-order valence-corrected chi connectivity index (χ2v) is 4.22. The molecule has 0 radical (unpaired) electrons. The zero-order valence-electron chi connectivity index (χ0n) is 7.98. The smallest absolute Gasteiger partial charge is 0.203 e. The monoisotopic (exact) mass is 235 g/mol. The van der Waals surface area contributed by atoms with Crippen molar-refractivity contribution in [3.8, 4) is 10.8 Å². The number of nitrogens with zero attached hydrogens (tertiary/aromatic N) is 2. The first kappa shape index (κ1) is 9.29. The fourth-order valence-electron chi connectivity index (χ4n) is 1.47. The molecule has 2 heterocycles. The average Bonchev–Trinajstić information content (AvgIpc) is 2.84. The molecule has 0 amide bonds. The summed E-state index contributed by atoms with van der Waals surface area (Å²) < 4.78 is 18.7. The van der Waals surface area contributed by atoms with Gasteiger partial charge in [-0.3, -0.25) is 0 Å². The number of anilines is 1. The topological polar surface area (TPSA) is 64.9 Å². The zero-order valence-corrected chi connectivity index (χ0v) is 8.79. The van der Waals surface area contributed by atoms with E-state index in [1.54, 1.807) is 18.2 Å². The molecule has 80 valence electrons. The van der Waals surface area contributed by atoms with E-state index in [-0.39, 0.29) is 11.4 Å². The van der Waals surface area contributed by atoms with Gasteiger partial charge >= 0.3 is 0 Å². The lowest BCUT2D eigenvalue weighted by Crippen LogP contribution is -1.79. The minimum absolute atomic E-state index is 0.228. The van der Waals surface area contributed by atoms with Crippen LogP contribution in [0, 0.1) is 5.82 Å². The van der Waals surface area contributed by atoms with Gasteiger partial charge in [0.05, 0.1) is 0 Å². The quantitative estimate of drug-likeness (QED) is 0.704. The first-order valence-electron chi connectivity index (χ1n) is 4.51. The standard InChI is InChI=1S/C10H6FN3OS/c11-6-3-1-2-5-4-7(15-8(5)6)9-13-14-10(12)16-9/h1-4H,(H2,12,14). The van der Waals surface area contributed by atoms with Crippen LogP contribution in [-0.4, -0.2) is 10.2 Å². The van der Waals surface area contributed by atoms with Crippen LogP contribution in [0.1, 0.15) is 0 Å². The van der Waals surface area contributed by atoms with Crippen molar-refractivity contribution < 1.29 is 8.81 Å². The van der Waals surface area contributed by atoms with Crippen LogP contribution < -0.4 is 5.73 Å². The lowest BCUT2D eigenvalue weighted by Gasteiger charge is -1.88. The fraction of sp³-hybridized carbons (Fsp3) is 0. The number of furan rings is 1. The molecule has 0 saturated heterocycles. The highest BCUT2D eigenvalue weighted by Crippen LogP contribution is 2.31. The molecule has 2 N–H and O–H groups in total. The van der Waals surface area contributed by atoms with Crippen LogP contribution in [0.5, 0.6) is 0 Å². The van der Waals surface area contributed by atoms with Gasteiger partial charge in [0, 0.05) is 5.39 Å². The zero-order chi connectivity index (χ0) is 11.1. The van der Waals surface area contributed by atoms with Crippen molar-refractivity contribution in [1.82, 2.24) is 10.2 Å². The van der Waals surface area contributed by atoms with Gasteiger partial charge in [0.15, 0.2) is 22.2 Å². The van der Waals surface area contributed by atoms with E-state index >= 15 is 0 Å². The van der Waals surface area contributed by atoms with Gasteiger partial charge in [-0.1, -0.05) is 23.5 Å². The Hall–Kier alpha value is -1.95. The molecule has 0 aliphatic heterocycles.